The lowest BCUT2D eigenvalue weighted by molar-refractivity contribution is -0.131. The molecule has 2 N–H and O–H groups in total. The van der Waals surface area contributed by atoms with Crippen molar-refractivity contribution in [3.8, 4) is 5.75 Å². The van der Waals surface area contributed by atoms with Gasteiger partial charge in [0.25, 0.3) is 0 Å². The minimum absolute atomic E-state index is 0.0242. The van der Waals surface area contributed by atoms with E-state index >= 15 is 0 Å². The molecule has 0 saturated carbocycles. The van der Waals surface area contributed by atoms with Crippen molar-refractivity contribution < 1.29 is 33.7 Å². The van der Waals surface area contributed by atoms with Gasteiger partial charge in [0.2, 0.25) is 5.91 Å². The highest BCUT2D eigenvalue weighted by molar-refractivity contribution is 5.88. The van der Waals surface area contributed by atoms with Crippen molar-refractivity contribution in [1.29, 1.82) is 0 Å². The molecule has 0 heterocycles. The molecule has 0 radical (unpaired) electrons. The normalized spacial score (nSPS) is 12.4. The van der Waals surface area contributed by atoms with E-state index in [-0.39, 0.29) is 38.6 Å². The van der Waals surface area contributed by atoms with E-state index in [1.807, 2.05) is 49.4 Å². The first-order chi connectivity index (χ1) is 18.7. The summed E-state index contributed by atoms with van der Waals surface area (Å²) in [6, 6.07) is 13.5. The molecule has 0 unspecified atom stereocenters. The van der Waals surface area contributed by atoms with Gasteiger partial charge < -0.3 is 34.4 Å². The number of likely N-dealkylation sites (N-methyl/N-ethyl adjacent to an activating group) is 1. The first-order valence-electron chi connectivity index (χ1n) is 13.7. The molecule has 222 valence electrons. The van der Waals surface area contributed by atoms with Crippen LogP contribution in [0.25, 0.3) is 10.8 Å². The average molecular weight is 560 g/mol. The molecule has 10 heteroatoms. The summed E-state index contributed by atoms with van der Waals surface area (Å²) < 4.78 is 16.6. The fourth-order valence-electron chi connectivity index (χ4n) is 3.85. The summed E-state index contributed by atoms with van der Waals surface area (Å²) >= 11 is 0. The number of alkyl carbamates (subject to hydrolysis) is 1. The van der Waals surface area contributed by atoms with Crippen molar-refractivity contribution in [2.24, 2.45) is 0 Å². The fraction of sp³-hybridized carbons (Fsp3) is 0.567. The quantitative estimate of drug-likeness (QED) is 0.391. The number of rotatable bonds is 12. The second-order valence-electron chi connectivity index (χ2n) is 11.5. The van der Waals surface area contributed by atoms with Crippen LogP contribution in [0.2, 0.25) is 0 Å². The number of benzene rings is 2. The maximum atomic E-state index is 12.9. The Balaban J connectivity index is 1.96. The Morgan fingerprint density at radius 2 is 1.55 bits per heavy atom. The SMILES string of the molecule is CCN(CCNC(=O)OC(C)(C)C)C(=O)CCN(C[C@H](O)COc1cccc2ccccc12)C(=O)OC(C)(C)C. The molecular formula is C30H45N3O7. The number of ether oxygens (including phenoxy) is 3. The number of fused-ring (bicyclic) bond motifs is 1. The Kier molecular flexibility index (Phi) is 12.0. The van der Waals surface area contributed by atoms with E-state index in [2.05, 4.69) is 5.32 Å². The Hall–Kier alpha value is -3.53. The van der Waals surface area contributed by atoms with Gasteiger partial charge >= 0.3 is 12.2 Å². The van der Waals surface area contributed by atoms with Crippen LogP contribution in [0, 0.1) is 0 Å². The van der Waals surface area contributed by atoms with Gasteiger partial charge in [-0.25, -0.2) is 9.59 Å². The highest BCUT2D eigenvalue weighted by atomic mass is 16.6. The first-order valence-corrected chi connectivity index (χ1v) is 13.7. The summed E-state index contributed by atoms with van der Waals surface area (Å²) in [5, 5.41) is 15.3. The van der Waals surface area contributed by atoms with E-state index in [4.69, 9.17) is 14.2 Å². The average Bonchev–Trinajstić information content (AvgIpc) is 2.85. The standard InChI is InChI=1S/C30H45N3O7/c1-8-32(19-17-31-27(36)39-29(2,3)4)26(35)16-18-33(28(37)40-30(5,6)7)20-23(34)21-38-25-15-11-13-22-12-9-10-14-24(22)25/h9-15,23,34H,8,16-21H2,1-7H3,(H,31,36)/t23-/m0/s1. The lowest BCUT2D eigenvalue weighted by atomic mass is 10.1. The summed E-state index contributed by atoms with van der Waals surface area (Å²) in [6.45, 7) is 13.3. The van der Waals surface area contributed by atoms with Gasteiger partial charge in [-0.1, -0.05) is 36.4 Å². The third-order valence-corrected chi connectivity index (χ3v) is 5.64. The van der Waals surface area contributed by atoms with Crippen LogP contribution in [0.5, 0.6) is 5.75 Å². The van der Waals surface area contributed by atoms with Crippen LogP contribution in [0.3, 0.4) is 0 Å². The Morgan fingerprint density at radius 1 is 0.900 bits per heavy atom. The number of carbonyl (C=O) groups is 3. The van der Waals surface area contributed by atoms with Crippen LogP contribution in [0.15, 0.2) is 42.5 Å². The molecule has 0 aliphatic heterocycles. The van der Waals surface area contributed by atoms with Gasteiger partial charge in [0.1, 0.15) is 29.7 Å². The third kappa shape index (κ3) is 11.7. The smallest absolute Gasteiger partial charge is 0.410 e. The lowest BCUT2D eigenvalue weighted by Crippen LogP contribution is -2.45. The maximum Gasteiger partial charge on any atom is 0.410 e. The van der Waals surface area contributed by atoms with Gasteiger partial charge in [0.15, 0.2) is 0 Å². The molecule has 0 spiro atoms. The van der Waals surface area contributed by atoms with E-state index in [9.17, 15) is 19.5 Å². The summed E-state index contributed by atoms with van der Waals surface area (Å²) in [7, 11) is 0. The highest BCUT2D eigenvalue weighted by Gasteiger charge is 2.26. The van der Waals surface area contributed by atoms with Gasteiger partial charge in [-0.15, -0.1) is 0 Å². The molecule has 0 aromatic heterocycles. The van der Waals surface area contributed by atoms with Crippen molar-refractivity contribution in [3.05, 3.63) is 42.5 Å². The van der Waals surface area contributed by atoms with Crippen LogP contribution in [-0.2, 0) is 14.3 Å². The predicted molar refractivity (Wildman–Crippen MR) is 154 cm³/mol. The zero-order valence-electron chi connectivity index (χ0n) is 24.9. The largest absolute Gasteiger partial charge is 0.490 e. The second kappa shape index (κ2) is 14.7. The molecule has 10 nitrogen and oxygen atoms in total. The van der Waals surface area contributed by atoms with Gasteiger partial charge in [0.05, 0.1) is 6.54 Å². The van der Waals surface area contributed by atoms with E-state index in [0.29, 0.717) is 18.8 Å². The molecule has 40 heavy (non-hydrogen) atoms. The molecule has 0 bridgehead atoms. The number of aliphatic hydroxyl groups is 1. The zero-order valence-corrected chi connectivity index (χ0v) is 24.9. The van der Waals surface area contributed by atoms with Gasteiger partial charge in [-0.2, -0.15) is 0 Å². The third-order valence-electron chi connectivity index (χ3n) is 5.64. The molecule has 0 fully saturated rings. The monoisotopic (exact) mass is 559 g/mol. The van der Waals surface area contributed by atoms with Crippen LogP contribution >= 0.6 is 0 Å². The Labute approximate surface area is 237 Å². The van der Waals surface area contributed by atoms with Crippen LogP contribution < -0.4 is 10.1 Å². The topological polar surface area (TPSA) is 118 Å². The second-order valence-corrected chi connectivity index (χ2v) is 11.5. The Morgan fingerprint density at radius 3 is 2.20 bits per heavy atom. The van der Waals surface area contributed by atoms with Crippen molar-refractivity contribution in [2.45, 2.75) is 72.2 Å². The molecule has 0 saturated heterocycles. The van der Waals surface area contributed by atoms with Crippen LogP contribution in [-0.4, -0.2) is 89.6 Å². The zero-order chi connectivity index (χ0) is 29.9. The van der Waals surface area contributed by atoms with Crippen LogP contribution in [0.4, 0.5) is 9.59 Å². The summed E-state index contributed by atoms with van der Waals surface area (Å²) in [4.78, 5) is 40.6. The molecular weight excluding hydrogens is 514 g/mol. The number of hydrogen-bond donors (Lipinski definition) is 2. The van der Waals surface area contributed by atoms with E-state index in [1.165, 1.54) is 4.90 Å². The molecule has 0 aliphatic carbocycles. The van der Waals surface area contributed by atoms with Crippen molar-refractivity contribution in [2.75, 3.05) is 39.3 Å². The number of aliphatic hydroxyl groups excluding tert-OH is 1. The summed E-state index contributed by atoms with van der Waals surface area (Å²) in [5.41, 5.74) is -1.35. The minimum Gasteiger partial charge on any atom is -0.490 e. The first kappa shape index (κ1) is 32.7. The molecule has 1 atom stereocenters. The highest BCUT2D eigenvalue weighted by Crippen LogP contribution is 2.25. The lowest BCUT2D eigenvalue weighted by Gasteiger charge is -2.29. The van der Waals surface area contributed by atoms with E-state index < -0.39 is 29.5 Å². The van der Waals surface area contributed by atoms with Crippen molar-refractivity contribution >= 4 is 28.9 Å². The summed E-state index contributed by atoms with van der Waals surface area (Å²) in [6.07, 6.45) is -2.16. The Bertz CT molecular complexity index is 1120. The number of nitrogens with zero attached hydrogens (tertiary/aromatic N) is 2. The molecule has 3 amide bonds. The molecule has 2 aromatic rings. The van der Waals surface area contributed by atoms with Crippen molar-refractivity contribution in [1.82, 2.24) is 15.1 Å². The molecule has 0 aliphatic rings. The van der Waals surface area contributed by atoms with E-state index in [0.717, 1.165) is 10.8 Å². The fourth-order valence-corrected chi connectivity index (χ4v) is 3.85. The van der Waals surface area contributed by atoms with Crippen molar-refractivity contribution in [3.63, 3.8) is 0 Å². The summed E-state index contributed by atoms with van der Waals surface area (Å²) in [5.74, 6) is 0.443. The minimum atomic E-state index is -1.01. The molecule has 2 aromatic carbocycles. The number of nitrogens with one attached hydrogen (secondary N) is 1. The van der Waals surface area contributed by atoms with Gasteiger partial charge in [-0.3, -0.25) is 4.79 Å². The van der Waals surface area contributed by atoms with Crippen LogP contribution in [0.1, 0.15) is 54.9 Å². The van der Waals surface area contributed by atoms with Gasteiger partial charge in [-0.05, 0) is 59.9 Å². The molecule has 2 rings (SSSR count). The number of amides is 3. The van der Waals surface area contributed by atoms with Gasteiger partial charge in [0, 0.05) is 38.0 Å². The number of carbonyl (C=O) groups excluding carboxylic acids is 3. The van der Waals surface area contributed by atoms with E-state index in [1.54, 1.807) is 46.4 Å². The number of hydrogen-bond acceptors (Lipinski definition) is 7. The predicted octanol–water partition coefficient (Wildman–Crippen LogP) is 4.58. The maximum absolute atomic E-state index is 12.9.